The van der Waals surface area contributed by atoms with Crippen molar-refractivity contribution in [3.63, 3.8) is 0 Å². The molecule has 8 aliphatic heterocycles. The molecule has 0 atom stereocenters. The van der Waals surface area contributed by atoms with E-state index < -0.39 is 58.2 Å². The van der Waals surface area contributed by atoms with E-state index in [2.05, 4.69) is 156 Å². The standard InChI is InChI=1S/3C30H18BF2IN2O.C25H16BNO.3FH/c32-34(33,35-20-9-2-1-3-10-20)19-17-22-21-11-4-6-13-25(21)36-26-14-8-16-28-29(26)31(24(18-19)30(22)36)23-12-5-7-15-27(23)37-28;32-34(33,35-19-9-2-1-3-10-19)23-18-17-21-20-11-4-6-13-24(20)36-25-14-8-16-27-29(25)31(28(23)30(21)36)22-12-5-7-15-26(22)37-27;32-34(33,35-19-9-2-1-3-10-19)23-18-17-22-30-28(23)20-11-4-6-13-24(20)36(30)25-14-8-16-27-29(25)31(22)21-12-5-7-15-26(21)37-27;1-15-7-4-8-16-17-9-5-11-19-25(17)27(24(15)16)20-12-6-14-22-23(20)26(19)18-10-2-3-13-21(18)28-22;;;/h3*1-18H;2-14H,1H3;3*1H/p-3. The Kier molecular flexibility index (Phi) is 20.8. The van der Waals surface area contributed by atoms with Gasteiger partial charge in [0.05, 0.1) is 5.52 Å². The minimum absolute atomic E-state index is 0. The van der Waals surface area contributed by atoms with Crippen LogP contribution in [0, 0.1) is 17.6 Å². The molecular weight excluding hydrogens is 2140 g/mol. The van der Waals surface area contributed by atoms with Gasteiger partial charge in [-0.25, -0.2) is 0 Å². The maximum atomic E-state index is 16.4. The van der Waals surface area contributed by atoms with E-state index in [1.807, 2.05) is 188 Å². The molecule has 8 aliphatic rings. The second-order valence-electron chi connectivity index (χ2n) is 35.8. The molecule has 11 nitrogen and oxygen atoms in total. The van der Waals surface area contributed by atoms with Gasteiger partial charge in [0.1, 0.15) is 11.5 Å². The first kappa shape index (κ1) is 88.2. The molecule has 31 rings (SSSR count). The fourth-order valence-electron chi connectivity index (χ4n) is 23.0. The maximum absolute atomic E-state index is 16.4. The van der Waals surface area contributed by atoms with Crippen molar-refractivity contribution < 1.29 is 50.2 Å². The number of aromatic nitrogens is 4. The predicted molar refractivity (Wildman–Crippen MR) is 583 cm³/mol. The van der Waals surface area contributed by atoms with E-state index in [-0.39, 0.29) is 51.7 Å². The normalized spacial score (nSPS) is 13.4. The number of hydrogen-bond acceptors (Lipinski definition) is 7. The van der Waals surface area contributed by atoms with Gasteiger partial charge in [-0.05, 0) is 47.1 Å². The number of nitrogens with zero attached hydrogens (tertiary/aromatic N) is 7. The summed E-state index contributed by atoms with van der Waals surface area (Å²) in [6, 6.07) is 130. The summed E-state index contributed by atoms with van der Waals surface area (Å²) in [5.41, 5.74) is 27.1. The molecule has 4 aromatic heterocycles. The second kappa shape index (κ2) is 33.5. The van der Waals surface area contributed by atoms with Crippen molar-refractivity contribution in [1.29, 1.82) is 0 Å². The topological polar surface area (TPSA) is 93.7 Å². The fourth-order valence-corrected chi connectivity index (χ4v) is 32.0. The molecule has 0 unspecified atom stereocenters. The first-order chi connectivity index (χ1) is 68.2. The van der Waals surface area contributed by atoms with Crippen LogP contribution in [0.4, 0.5) is 34.2 Å². The predicted octanol–water partition coefficient (Wildman–Crippen LogP) is 16.7. The summed E-state index contributed by atoms with van der Waals surface area (Å²) < 4.78 is 144. The van der Waals surface area contributed by atoms with Gasteiger partial charge in [0.2, 0.25) is 0 Å². The number of benzene rings is 19. The number of aryl methyl sites for hydroxylation is 1. The molecule has 12 heterocycles. The third kappa shape index (κ3) is 13.2. The minimum Gasteiger partial charge on any atom is -1.00 e. The van der Waals surface area contributed by atoms with E-state index in [0.29, 0.717) is 39.4 Å². The largest absolute Gasteiger partial charge is 1.00 e. The van der Waals surface area contributed by atoms with Gasteiger partial charge >= 0.3 is 654 Å². The van der Waals surface area contributed by atoms with E-state index in [1.165, 1.54) is 49.4 Å². The summed E-state index contributed by atoms with van der Waals surface area (Å²) in [5, 5.41) is 7.92. The van der Waals surface area contributed by atoms with E-state index in [1.54, 1.807) is 97.1 Å². The molecule has 19 aromatic carbocycles. The van der Waals surface area contributed by atoms with Crippen LogP contribution in [-0.2, 0) is 0 Å². The number of hydrogen-bond donors (Lipinski definition) is 0. The molecule has 0 amide bonds. The van der Waals surface area contributed by atoms with E-state index in [0.717, 1.165) is 155 Å². The van der Waals surface area contributed by atoms with Crippen molar-refractivity contribution in [2.24, 2.45) is 9.44 Å². The van der Waals surface area contributed by atoms with E-state index in [9.17, 15) is 0 Å². The Morgan fingerprint density at radius 2 is 0.549 bits per heavy atom. The van der Waals surface area contributed by atoms with E-state index >= 15 is 17.2 Å². The average molecular weight is 2210 g/mol. The molecule has 142 heavy (non-hydrogen) atoms. The maximum Gasteiger partial charge on any atom is -1.00 e. The number of halogens is 12. The van der Waals surface area contributed by atoms with Crippen molar-refractivity contribution in [2.75, 3.05) is 0 Å². The average Bonchev–Trinajstić information content (AvgIpc) is 1.49. The molecule has 27 heteroatoms. The van der Waals surface area contributed by atoms with Crippen molar-refractivity contribution in [2.45, 2.75) is 6.92 Å². The fraction of sp³-hybridized carbons (Fsp3) is 0.00870. The molecule has 0 saturated carbocycles. The van der Waals surface area contributed by atoms with Gasteiger partial charge in [-0.15, -0.1) is 0 Å². The summed E-state index contributed by atoms with van der Waals surface area (Å²) >= 11 is -17.2. The minimum atomic E-state index is -5.80. The zero-order valence-corrected chi connectivity index (χ0v) is 81.3. The Balaban J connectivity index is 0.0000000993. The van der Waals surface area contributed by atoms with Crippen LogP contribution in [0.1, 0.15) is 5.56 Å². The Morgan fingerprint density at radius 3 is 1.05 bits per heavy atom. The molecule has 0 N–H and O–H groups in total. The zero-order valence-electron chi connectivity index (χ0n) is 74.8. The van der Waals surface area contributed by atoms with Gasteiger partial charge in [-0.3, -0.25) is 0 Å². The molecular formula is C115H70B4F9I3N7O4-3. The third-order valence-electron chi connectivity index (χ3n) is 28.4. The van der Waals surface area contributed by atoms with Crippen LogP contribution in [0.3, 0.4) is 0 Å². The monoisotopic (exact) mass is 2210 g/mol. The van der Waals surface area contributed by atoms with Gasteiger partial charge in [0.15, 0.2) is 0 Å². The van der Waals surface area contributed by atoms with Gasteiger partial charge in [0, 0.05) is 22.0 Å². The van der Waals surface area contributed by atoms with Crippen LogP contribution in [-0.4, -0.2) is 45.1 Å². The molecule has 23 aromatic rings. The summed E-state index contributed by atoms with van der Waals surface area (Å²) in [5.74, 6) is 6.51. The van der Waals surface area contributed by atoms with Crippen LogP contribution in [0.2, 0.25) is 0 Å². The van der Waals surface area contributed by atoms with Crippen LogP contribution in [0.25, 0.3) is 110 Å². The molecule has 0 spiro atoms. The number of rotatable bonds is 6. The van der Waals surface area contributed by atoms with Crippen molar-refractivity contribution >= 4 is 255 Å². The summed E-state index contributed by atoms with van der Waals surface area (Å²) in [6.45, 7) is 1.74. The Morgan fingerprint density at radius 1 is 0.225 bits per heavy atom. The van der Waals surface area contributed by atoms with Crippen molar-refractivity contribution in [3.8, 4) is 68.7 Å². The molecule has 0 bridgehead atoms. The molecule has 0 radical (unpaired) electrons. The van der Waals surface area contributed by atoms with Crippen molar-refractivity contribution in [1.82, 2.24) is 18.3 Å². The molecule has 0 fully saturated rings. The SMILES string of the molecule is Cc1cccc2c3cccc4c3n(c12)-c1cccc2c1B4c1ccccc1O2.FI(F)(=Nc1ccccc1)c1cc2c3c(c1)c1ccccc1n3-c1cccc3c1B2c1ccccc1O3.FI(F)(=Nc1ccccc1)c1ccc2c3c1c1ccccc1n3-c1cccc3c1B2c1ccccc1O3.FI(F)(=Nc1ccccc1)c1ccc2c3ccccc3n3c2c1B1c2ccccc2Oc2cccc-3c21.[F-].[F-].[F-]. The summed E-state index contributed by atoms with van der Waals surface area (Å²) in [4.78, 5) is 0. The number of ether oxygens (including phenoxy) is 4. The Labute approximate surface area is 823 Å². The van der Waals surface area contributed by atoms with Gasteiger partial charge in [-0.2, -0.15) is 0 Å². The number of fused-ring (bicyclic) bond motifs is 28. The Bertz CT molecular complexity index is 9510. The van der Waals surface area contributed by atoms with Crippen LogP contribution < -0.4 is 98.6 Å². The van der Waals surface area contributed by atoms with Gasteiger partial charge in [-0.1, -0.05) is 60.7 Å². The van der Waals surface area contributed by atoms with Gasteiger partial charge in [0.25, 0.3) is 6.71 Å². The van der Waals surface area contributed by atoms with Crippen LogP contribution in [0.5, 0.6) is 46.0 Å². The molecule has 688 valence electrons. The van der Waals surface area contributed by atoms with Crippen LogP contribution in [0.15, 0.2) is 416 Å². The summed E-state index contributed by atoms with van der Waals surface area (Å²) in [7, 11) is 0. The van der Waals surface area contributed by atoms with Gasteiger partial charge < -0.3 is 23.4 Å². The van der Waals surface area contributed by atoms with Crippen molar-refractivity contribution in [3.05, 3.63) is 423 Å². The quantitative estimate of drug-likeness (QED) is 0.0942. The summed E-state index contributed by atoms with van der Waals surface area (Å²) in [6.07, 6.45) is 0. The Hall–Kier alpha value is -15.2. The van der Waals surface area contributed by atoms with Crippen LogP contribution >= 0.6 is 58.2 Å². The first-order valence-electron chi connectivity index (χ1n) is 45.8. The molecule has 0 saturated heterocycles. The van der Waals surface area contributed by atoms with E-state index in [4.69, 9.17) is 18.9 Å². The smallest absolute Gasteiger partial charge is 1.00 e. The number of para-hydroxylation sites is 9. The first-order valence-corrected chi connectivity index (χ1v) is 56.9. The third-order valence-corrected chi connectivity index (χ3v) is 38.6. The molecule has 0 aliphatic carbocycles. The second-order valence-corrected chi connectivity index (χ2v) is 47.8. The zero-order chi connectivity index (χ0) is 92.6.